The van der Waals surface area contributed by atoms with Gasteiger partial charge in [0.2, 0.25) is 0 Å². The molecule has 0 aliphatic carbocycles. The number of hydrogen-bond acceptors (Lipinski definition) is 2. The van der Waals surface area contributed by atoms with Crippen LogP contribution in [0.5, 0.6) is 0 Å². The normalized spacial score (nSPS) is 11.4. The topological polar surface area (TPSA) is 54.4 Å². The summed E-state index contributed by atoms with van der Waals surface area (Å²) in [6.07, 6.45) is 0. The lowest BCUT2D eigenvalue weighted by Crippen LogP contribution is -2.01. The molecule has 3 nitrogen and oxygen atoms in total. The van der Waals surface area contributed by atoms with Crippen molar-refractivity contribution in [2.24, 2.45) is 0 Å². The molecule has 5 heteroatoms. The van der Waals surface area contributed by atoms with Crippen molar-refractivity contribution in [2.45, 2.75) is 4.90 Å². The highest BCUT2D eigenvalue weighted by molar-refractivity contribution is 7.86. The Hall–Kier alpha value is -2.14. The van der Waals surface area contributed by atoms with Gasteiger partial charge in [0.1, 0.15) is 4.90 Å². The van der Waals surface area contributed by atoms with Crippen LogP contribution in [-0.2, 0) is 10.1 Å². The van der Waals surface area contributed by atoms with Gasteiger partial charge in [-0.05, 0) is 22.8 Å². The van der Waals surface area contributed by atoms with Crippen LogP contribution in [0, 0.1) is 0 Å². The summed E-state index contributed by atoms with van der Waals surface area (Å²) in [5.74, 6) is 0. The van der Waals surface area contributed by atoms with Gasteiger partial charge >= 0.3 is 0 Å². The molecule has 0 unspecified atom stereocenters. The van der Waals surface area contributed by atoms with Crippen molar-refractivity contribution in [3.63, 3.8) is 0 Å². The Balaban J connectivity index is 2.09. The summed E-state index contributed by atoms with van der Waals surface area (Å²) in [5.41, 5.74) is 3.13. The maximum atomic E-state index is 11.6. The number of halogens is 1. The van der Waals surface area contributed by atoms with Gasteiger partial charge in [0.05, 0.1) is 5.02 Å². The summed E-state index contributed by atoms with van der Waals surface area (Å²) in [5, 5.41) is -0.00265. The average molecular weight is 345 g/mol. The van der Waals surface area contributed by atoms with E-state index in [0.717, 1.165) is 11.1 Å². The maximum Gasteiger partial charge on any atom is 0.296 e. The van der Waals surface area contributed by atoms with Crippen molar-refractivity contribution in [1.29, 1.82) is 0 Å². The van der Waals surface area contributed by atoms with Crippen LogP contribution in [0.25, 0.3) is 22.3 Å². The highest BCUT2D eigenvalue weighted by atomic mass is 35.5. The van der Waals surface area contributed by atoms with Gasteiger partial charge < -0.3 is 0 Å². The largest absolute Gasteiger partial charge is 0.296 e. The van der Waals surface area contributed by atoms with Crippen LogP contribution in [0.1, 0.15) is 0 Å². The van der Waals surface area contributed by atoms with Crippen LogP contribution in [-0.4, -0.2) is 13.0 Å². The minimum absolute atomic E-state index is 0.00265. The highest BCUT2D eigenvalue weighted by Crippen LogP contribution is 2.33. The van der Waals surface area contributed by atoms with Gasteiger partial charge in [0.25, 0.3) is 10.1 Å². The van der Waals surface area contributed by atoms with E-state index in [1.807, 2.05) is 54.6 Å². The fourth-order valence-electron chi connectivity index (χ4n) is 2.47. The third-order valence-corrected chi connectivity index (χ3v) is 4.91. The lowest BCUT2D eigenvalue weighted by Gasteiger charge is -2.10. The van der Waals surface area contributed by atoms with Crippen molar-refractivity contribution in [1.82, 2.24) is 0 Å². The van der Waals surface area contributed by atoms with Crippen LogP contribution < -0.4 is 0 Å². The predicted octanol–water partition coefficient (Wildman–Crippen LogP) is 4.92. The van der Waals surface area contributed by atoms with Gasteiger partial charge in [-0.3, -0.25) is 4.55 Å². The van der Waals surface area contributed by atoms with Gasteiger partial charge in [-0.15, -0.1) is 0 Å². The van der Waals surface area contributed by atoms with Crippen molar-refractivity contribution >= 4 is 21.7 Å². The predicted molar refractivity (Wildman–Crippen MR) is 92.1 cm³/mol. The second-order valence-corrected chi connectivity index (χ2v) is 6.80. The van der Waals surface area contributed by atoms with Crippen molar-refractivity contribution < 1.29 is 13.0 Å². The molecule has 3 aromatic carbocycles. The molecule has 1 N–H and O–H groups in total. The van der Waals surface area contributed by atoms with Gasteiger partial charge in [-0.2, -0.15) is 8.42 Å². The van der Waals surface area contributed by atoms with Gasteiger partial charge in [0, 0.05) is 5.56 Å². The Bertz CT molecular complexity index is 934. The first-order chi connectivity index (χ1) is 11.0. The van der Waals surface area contributed by atoms with E-state index in [4.69, 9.17) is 11.6 Å². The van der Waals surface area contributed by atoms with Crippen LogP contribution in [0.15, 0.2) is 77.7 Å². The molecule has 0 saturated carbocycles. The maximum absolute atomic E-state index is 11.6. The monoisotopic (exact) mass is 344 g/mol. The van der Waals surface area contributed by atoms with Crippen LogP contribution in [0.4, 0.5) is 0 Å². The van der Waals surface area contributed by atoms with Crippen molar-refractivity contribution in [3.8, 4) is 22.3 Å². The molecule has 0 fully saturated rings. The summed E-state index contributed by atoms with van der Waals surface area (Å²) in [7, 11) is -4.41. The van der Waals surface area contributed by atoms with E-state index in [-0.39, 0.29) is 9.92 Å². The standard InChI is InChI=1S/C18H13ClO3S/c19-17-8-4-7-16(18(17)23(20,21)22)15-11-9-14(10-12-15)13-5-2-1-3-6-13/h1-12H,(H,20,21,22). The zero-order valence-electron chi connectivity index (χ0n) is 12.0. The van der Waals surface area contributed by atoms with E-state index in [2.05, 4.69) is 0 Å². The first-order valence-electron chi connectivity index (χ1n) is 6.89. The highest BCUT2D eigenvalue weighted by Gasteiger charge is 2.20. The van der Waals surface area contributed by atoms with E-state index in [1.165, 1.54) is 6.07 Å². The third kappa shape index (κ3) is 3.29. The summed E-state index contributed by atoms with van der Waals surface area (Å²) in [6.45, 7) is 0. The minimum Gasteiger partial charge on any atom is -0.282 e. The Labute approximate surface area is 139 Å². The SMILES string of the molecule is O=S(=O)(O)c1c(Cl)cccc1-c1ccc(-c2ccccc2)cc1. The lowest BCUT2D eigenvalue weighted by molar-refractivity contribution is 0.483. The summed E-state index contributed by atoms with van der Waals surface area (Å²) in [6, 6.07) is 22.0. The Morgan fingerprint density at radius 3 is 1.87 bits per heavy atom. The molecule has 3 rings (SSSR count). The fraction of sp³-hybridized carbons (Fsp3) is 0. The van der Waals surface area contributed by atoms with Gasteiger partial charge in [-0.25, -0.2) is 0 Å². The molecule has 0 saturated heterocycles. The van der Waals surface area contributed by atoms with Crippen LogP contribution >= 0.6 is 11.6 Å². The number of benzene rings is 3. The second-order valence-electron chi connectivity index (χ2n) is 5.03. The van der Waals surface area contributed by atoms with Crippen LogP contribution in [0.2, 0.25) is 5.02 Å². The second kappa shape index (κ2) is 6.16. The molecule has 0 atom stereocenters. The van der Waals surface area contributed by atoms with Gasteiger partial charge in [-0.1, -0.05) is 78.3 Å². The molecule has 0 aliphatic heterocycles. The first kappa shape index (κ1) is 15.7. The quantitative estimate of drug-likeness (QED) is 0.686. The van der Waals surface area contributed by atoms with Crippen molar-refractivity contribution in [3.05, 3.63) is 77.8 Å². The Morgan fingerprint density at radius 1 is 0.696 bits per heavy atom. The smallest absolute Gasteiger partial charge is 0.282 e. The lowest BCUT2D eigenvalue weighted by atomic mass is 10.0. The Kier molecular flexibility index (Phi) is 4.22. The van der Waals surface area contributed by atoms with E-state index < -0.39 is 10.1 Å². The molecule has 0 aliphatic rings. The van der Waals surface area contributed by atoms with Gasteiger partial charge in [0.15, 0.2) is 0 Å². The molecule has 23 heavy (non-hydrogen) atoms. The van der Waals surface area contributed by atoms with E-state index in [9.17, 15) is 13.0 Å². The van der Waals surface area contributed by atoms with Crippen molar-refractivity contribution in [2.75, 3.05) is 0 Å². The van der Waals surface area contributed by atoms with E-state index in [1.54, 1.807) is 12.1 Å². The molecular weight excluding hydrogens is 332 g/mol. The zero-order valence-corrected chi connectivity index (χ0v) is 13.6. The number of rotatable bonds is 3. The Morgan fingerprint density at radius 2 is 1.26 bits per heavy atom. The summed E-state index contributed by atoms with van der Waals surface area (Å²) < 4.78 is 32.6. The molecule has 0 bridgehead atoms. The van der Waals surface area contributed by atoms with E-state index in [0.29, 0.717) is 11.1 Å². The van der Waals surface area contributed by atoms with Crippen LogP contribution in [0.3, 0.4) is 0 Å². The molecule has 3 aromatic rings. The zero-order chi connectivity index (χ0) is 16.4. The molecule has 0 amide bonds. The molecule has 0 heterocycles. The summed E-state index contributed by atoms with van der Waals surface area (Å²) in [4.78, 5) is -0.269. The molecular formula is C18H13ClO3S. The summed E-state index contributed by atoms with van der Waals surface area (Å²) >= 11 is 5.95. The molecule has 0 radical (unpaired) electrons. The molecule has 116 valence electrons. The fourth-order valence-corrected chi connectivity index (χ4v) is 3.72. The molecule has 0 spiro atoms. The third-order valence-electron chi connectivity index (χ3n) is 3.53. The van der Waals surface area contributed by atoms with E-state index >= 15 is 0 Å². The minimum atomic E-state index is -4.41. The average Bonchev–Trinajstić information content (AvgIpc) is 2.54. The first-order valence-corrected chi connectivity index (χ1v) is 8.70. The molecule has 0 aromatic heterocycles. The number of hydrogen-bond donors (Lipinski definition) is 1.